The van der Waals surface area contributed by atoms with Gasteiger partial charge in [-0.2, -0.15) is 0 Å². The first kappa shape index (κ1) is 10.3. The van der Waals surface area contributed by atoms with Crippen LogP contribution in [0.4, 0.5) is 0 Å². The van der Waals surface area contributed by atoms with Crippen molar-refractivity contribution in [2.45, 2.75) is 0 Å². The molecule has 0 saturated heterocycles. The summed E-state index contributed by atoms with van der Waals surface area (Å²) in [5.74, 6) is 0.915. The summed E-state index contributed by atoms with van der Waals surface area (Å²) < 4.78 is 6.95. The molecule has 0 amide bonds. The Bertz CT molecular complexity index is 482. The molecule has 0 aliphatic heterocycles. The van der Waals surface area contributed by atoms with Gasteiger partial charge in [0.2, 0.25) is 5.88 Å². The maximum Gasteiger partial charge on any atom is 0.238 e. The molecule has 1 aromatic carbocycles. The largest absolute Gasteiger partial charge is 0.436 e. The van der Waals surface area contributed by atoms with Crippen molar-refractivity contribution in [1.82, 2.24) is 9.78 Å². The van der Waals surface area contributed by atoms with Crippen molar-refractivity contribution in [3.8, 4) is 11.6 Å². The van der Waals surface area contributed by atoms with Gasteiger partial charge >= 0.3 is 0 Å². The summed E-state index contributed by atoms with van der Waals surface area (Å²) in [7, 11) is 1.76. The summed E-state index contributed by atoms with van der Waals surface area (Å²) in [6.45, 7) is 0. The normalized spacial score (nSPS) is 10.3. The van der Waals surface area contributed by atoms with Gasteiger partial charge in [-0.15, -0.1) is 5.10 Å². The van der Waals surface area contributed by atoms with Crippen LogP contribution in [-0.2, 0) is 7.05 Å². The van der Waals surface area contributed by atoms with Crippen molar-refractivity contribution in [1.29, 1.82) is 0 Å². The highest BCUT2D eigenvalue weighted by Gasteiger charge is 2.05. The van der Waals surface area contributed by atoms with Gasteiger partial charge in [-0.3, -0.25) is 4.68 Å². The van der Waals surface area contributed by atoms with Crippen LogP contribution in [-0.4, -0.2) is 9.78 Å². The molecule has 1 radical (unpaired) electrons. The molecular formula is C10H7Cl2N2O. The van der Waals surface area contributed by atoms with Gasteiger partial charge in [0.25, 0.3) is 0 Å². The fraction of sp³-hybridized carbons (Fsp3) is 0.100. The van der Waals surface area contributed by atoms with Crippen molar-refractivity contribution < 1.29 is 4.74 Å². The molecule has 2 rings (SSSR count). The third-order valence-corrected chi connectivity index (χ3v) is 2.28. The molecule has 77 valence electrons. The molecule has 2 aromatic rings. The molecule has 0 spiro atoms. The molecular weight excluding hydrogens is 235 g/mol. The van der Waals surface area contributed by atoms with Crippen molar-refractivity contribution in [2.75, 3.05) is 0 Å². The maximum atomic E-state index is 5.92. The Labute approximate surface area is 97.2 Å². The first-order chi connectivity index (χ1) is 7.15. The van der Waals surface area contributed by atoms with E-state index in [4.69, 9.17) is 27.9 Å². The topological polar surface area (TPSA) is 27.1 Å². The summed E-state index contributed by atoms with van der Waals surface area (Å²) in [5, 5.41) is 5.07. The molecule has 15 heavy (non-hydrogen) atoms. The zero-order valence-corrected chi connectivity index (χ0v) is 9.38. The molecule has 0 saturated carbocycles. The van der Waals surface area contributed by atoms with Crippen molar-refractivity contribution in [2.24, 2.45) is 7.05 Å². The van der Waals surface area contributed by atoms with Crippen LogP contribution < -0.4 is 4.74 Å². The van der Waals surface area contributed by atoms with E-state index in [-0.39, 0.29) is 0 Å². The lowest BCUT2D eigenvalue weighted by Gasteiger charge is -2.04. The van der Waals surface area contributed by atoms with Gasteiger partial charge in [-0.1, -0.05) is 23.2 Å². The second-order valence-electron chi connectivity index (χ2n) is 2.91. The van der Waals surface area contributed by atoms with Gasteiger partial charge in [-0.25, -0.2) is 0 Å². The first-order valence-electron chi connectivity index (χ1n) is 4.20. The quantitative estimate of drug-likeness (QED) is 0.807. The highest BCUT2D eigenvalue weighted by atomic mass is 35.5. The van der Waals surface area contributed by atoms with Crippen LogP contribution in [0, 0.1) is 6.20 Å². The van der Waals surface area contributed by atoms with Gasteiger partial charge in [0.05, 0.1) is 11.2 Å². The molecule has 3 nitrogen and oxygen atoms in total. The Hall–Kier alpha value is -1.19. The van der Waals surface area contributed by atoms with Gasteiger partial charge in [0.15, 0.2) is 0 Å². The molecule has 0 atom stereocenters. The predicted octanol–water partition coefficient (Wildman–Crippen LogP) is 3.32. The van der Waals surface area contributed by atoms with Gasteiger partial charge in [0.1, 0.15) is 5.75 Å². The van der Waals surface area contributed by atoms with E-state index >= 15 is 0 Å². The Kier molecular flexibility index (Phi) is 2.84. The summed E-state index contributed by atoms with van der Waals surface area (Å²) in [4.78, 5) is 0. The number of hydrogen-bond acceptors (Lipinski definition) is 2. The predicted molar refractivity (Wildman–Crippen MR) is 58.6 cm³/mol. The second-order valence-corrected chi connectivity index (χ2v) is 3.76. The van der Waals surface area contributed by atoms with Crippen LogP contribution in [0.1, 0.15) is 0 Å². The minimum absolute atomic E-state index is 0.432. The molecule has 1 heterocycles. The number of ether oxygens (including phenoxy) is 1. The van der Waals surface area contributed by atoms with Crippen LogP contribution in [0.25, 0.3) is 0 Å². The van der Waals surface area contributed by atoms with Crippen LogP contribution in [0.2, 0.25) is 10.0 Å². The van der Waals surface area contributed by atoms with Crippen LogP contribution >= 0.6 is 23.2 Å². The average molecular weight is 242 g/mol. The highest BCUT2D eigenvalue weighted by molar-refractivity contribution is 6.34. The van der Waals surface area contributed by atoms with Crippen molar-refractivity contribution in [3.05, 3.63) is 40.5 Å². The lowest BCUT2D eigenvalue weighted by atomic mass is 10.3. The van der Waals surface area contributed by atoms with E-state index in [0.29, 0.717) is 21.7 Å². The number of aromatic nitrogens is 2. The molecule has 0 unspecified atom stereocenters. The fourth-order valence-electron chi connectivity index (χ4n) is 1.07. The number of hydrogen-bond donors (Lipinski definition) is 0. The van der Waals surface area contributed by atoms with Crippen LogP contribution in [0.3, 0.4) is 0 Å². The molecule has 5 heteroatoms. The minimum atomic E-state index is 0.432. The molecule has 0 N–H and O–H groups in total. The second kappa shape index (κ2) is 4.13. The SMILES string of the molecule is Cn1[c]cc(Oc2cc(Cl)ccc2Cl)n1. The summed E-state index contributed by atoms with van der Waals surface area (Å²) in [5.41, 5.74) is 0. The van der Waals surface area contributed by atoms with Crippen LogP contribution in [0.15, 0.2) is 24.3 Å². The first-order valence-corrected chi connectivity index (χ1v) is 4.95. The Morgan fingerprint density at radius 1 is 1.40 bits per heavy atom. The van der Waals surface area contributed by atoms with E-state index in [2.05, 4.69) is 11.3 Å². The molecule has 0 bridgehead atoms. The number of nitrogens with zero attached hydrogens (tertiary/aromatic N) is 2. The molecule has 1 aromatic heterocycles. The van der Waals surface area contributed by atoms with Crippen LogP contribution in [0.5, 0.6) is 11.6 Å². The van der Waals surface area contributed by atoms with Gasteiger partial charge in [0, 0.05) is 24.2 Å². The Morgan fingerprint density at radius 3 is 2.87 bits per heavy atom. The third-order valence-electron chi connectivity index (χ3n) is 1.73. The fourth-order valence-corrected chi connectivity index (χ4v) is 1.39. The maximum absolute atomic E-state index is 5.92. The smallest absolute Gasteiger partial charge is 0.238 e. The van der Waals surface area contributed by atoms with Gasteiger partial charge in [-0.05, 0) is 12.1 Å². The zero-order valence-electron chi connectivity index (χ0n) is 7.87. The lowest BCUT2D eigenvalue weighted by Crippen LogP contribution is -1.90. The minimum Gasteiger partial charge on any atom is -0.436 e. The number of aryl methyl sites for hydroxylation is 1. The van der Waals surface area contributed by atoms with E-state index in [9.17, 15) is 0 Å². The summed E-state index contributed by atoms with van der Waals surface area (Å²) >= 11 is 11.7. The van der Waals surface area contributed by atoms with E-state index in [1.807, 2.05) is 0 Å². The zero-order chi connectivity index (χ0) is 10.8. The van der Waals surface area contributed by atoms with E-state index in [1.165, 1.54) is 4.68 Å². The highest BCUT2D eigenvalue weighted by Crippen LogP contribution is 2.30. The lowest BCUT2D eigenvalue weighted by molar-refractivity contribution is 0.454. The number of rotatable bonds is 2. The molecule has 0 aliphatic carbocycles. The van der Waals surface area contributed by atoms with Crippen molar-refractivity contribution >= 4 is 23.2 Å². The van der Waals surface area contributed by atoms with Gasteiger partial charge < -0.3 is 4.74 Å². The standard InChI is InChI=1S/C10H7Cl2N2O/c1-14-5-4-10(13-14)15-9-6-7(11)2-3-8(9)12/h2-4,6H,1H3. The van der Waals surface area contributed by atoms with Crippen molar-refractivity contribution in [3.63, 3.8) is 0 Å². The number of halogens is 2. The van der Waals surface area contributed by atoms with E-state index in [1.54, 1.807) is 31.3 Å². The van der Waals surface area contributed by atoms with E-state index < -0.39 is 0 Å². The Morgan fingerprint density at radius 2 is 2.20 bits per heavy atom. The molecule has 0 fully saturated rings. The number of benzene rings is 1. The van der Waals surface area contributed by atoms with E-state index in [0.717, 1.165) is 0 Å². The molecule has 0 aliphatic rings. The monoisotopic (exact) mass is 241 g/mol. The average Bonchev–Trinajstić information content (AvgIpc) is 2.58. The third kappa shape index (κ3) is 2.43. The summed E-state index contributed by atoms with van der Waals surface area (Å²) in [6, 6.07) is 6.63. The summed E-state index contributed by atoms with van der Waals surface area (Å²) in [6.07, 6.45) is 2.83. The Balaban J connectivity index is 2.27.